The fraction of sp³-hybridized carbons (Fsp3) is 0. The van der Waals surface area contributed by atoms with Crippen LogP contribution in [-0.4, -0.2) is 108 Å². The van der Waals surface area contributed by atoms with Crippen LogP contribution < -0.4 is 45.2 Å². The predicted molar refractivity (Wildman–Crippen MR) is 46.1 cm³/mol. The molecule has 0 heterocycles. The van der Waals surface area contributed by atoms with Crippen LogP contribution >= 0.6 is 0 Å². The van der Waals surface area contributed by atoms with Crippen LogP contribution in [-0.2, 0) is 0 Å². The van der Waals surface area contributed by atoms with Gasteiger partial charge in [-0.05, 0) is 0 Å². The first-order chi connectivity index (χ1) is 5.20. The fourth-order valence-corrected chi connectivity index (χ4v) is 0. The van der Waals surface area contributed by atoms with Crippen LogP contribution in [0.3, 0.4) is 0 Å². The van der Waals surface area contributed by atoms with E-state index in [-0.39, 0.29) is 85.9 Å². The molecule has 12 nitrogen and oxygen atoms in total. The smallest absolute Gasteiger partial charge is 0.907 e. The van der Waals surface area contributed by atoms with E-state index in [1.54, 1.807) is 0 Å². The molecule has 0 atom stereocenters. The standard InChI is InChI=1S/4Al.3BO3.3H2O/c;;;;3*2-1(3)4;;;/h;;;;;;;3*1H2/q4*+3;3*-3;;;/p-3. The Morgan fingerprint density at radius 3 is 0.316 bits per heavy atom. The Bertz CT molecular complexity index is 53.5. The van der Waals surface area contributed by atoms with Crippen LogP contribution in [0.1, 0.15) is 0 Å². The van der Waals surface area contributed by atoms with Gasteiger partial charge >= 0.3 is 69.4 Å². The SMILES string of the molecule is [Al+3].[Al+3].[Al+3].[Al+3].[O-]B([O-])[O-].[O-]B([O-])[O-].[O-]B([O-])[O-].[OH-].[OH-].[OH-]. The van der Waals surface area contributed by atoms with E-state index in [1.165, 1.54) is 0 Å². The summed E-state index contributed by atoms with van der Waals surface area (Å²) in [6.45, 7) is 0. The van der Waals surface area contributed by atoms with Crippen LogP contribution in [0.15, 0.2) is 0 Å². The maximum Gasteiger partial charge on any atom is 3.00 e. The van der Waals surface area contributed by atoms with Crippen molar-refractivity contribution in [3.05, 3.63) is 0 Å². The monoisotopic (exact) mass is 336 g/mol. The predicted octanol–water partition coefficient (Wildman–Crippen LogP) is -13.9. The van der Waals surface area contributed by atoms with Gasteiger partial charge in [0.05, 0.1) is 0 Å². The Labute approximate surface area is 152 Å². The van der Waals surface area contributed by atoms with Crippen molar-refractivity contribution in [2.24, 2.45) is 0 Å². The number of hydrogen-bond acceptors (Lipinski definition) is 12. The fourth-order valence-electron chi connectivity index (χ4n) is 0. The van der Waals surface area contributed by atoms with Crippen LogP contribution in [0.25, 0.3) is 0 Å². The van der Waals surface area contributed by atoms with Crippen LogP contribution in [0, 0.1) is 0 Å². The second kappa shape index (κ2) is 59.9. The van der Waals surface area contributed by atoms with Crippen molar-refractivity contribution in [1.29, 1.82) is 0 Å². The number of hydrogen-bond donors (Lipinski definition) is 0. The van der Waals surface area contributed by atoms with Gasteiger partial charge < -0.3 is 61.6 Å². The molecule has 0 aromatic carbocycles. The molecule has 0 aliphatic carbocycles. The molecule has 19 heavy (non-hydrogen) atoms. The second-order valence-electron chi connectivity index (χ2n) is 0.866. The zero-order valence-electron chi connectivity index (χ0n) is 9.06. The Hall–Kier alpha value is 1.84. The molecule has 0 spiro atoms. The zero-order chi connectivity index (χ0) is 10.7. The van der Waals surface area contributed by atoms with E-state index in [0.29, 0.717) is 0 Å². The minimum absolute atomic E-state index is 0. The van der Waals surface area contributed by atoms with Crippen molar-refractivity contribution < 1.29 is 61.6 Å². The molecule has 0 aliphatic rings. The zero-order valence-corrected chi connectivity index (χ0v) is 13.7. The summed E-state index contributed by atoms with van der Waals surface area (Å²) in [5.41, 5.74) is 0. The third-order valence-corrected chi connectivity index (χ3v) is 0. The van der Waals surface area contributed by atoms with Gasteiger partial charge in [-0.3, -0.25) is 22.0 Å². The molecule has 0 amide bonds. The topological polar surface area (TPSA) is 298 Å². The maximum atomic E-state index is 8.42. The van der Waals surface area contributed by atoms with E-state index >= 15 is 0 Å². The molecule has 0 bridgehead atoms. The molecule has 96 valence electrons. The normalized spacial score (nSPS) is 4.26. The van der Waals surface area contributed by atoms with Gasteiger partial charge in [0.15, 0.2) is 0 Å². The number of rotatable bonds is 0. The average Bonchev–Trinajstić information content (AvgIpc) is 1.54. The summed E-state index contributed by atoms with van der Waals surface area (Å²) in [4.78, 5) is 0. The first kappa shape index (κ1) is 69.8. The van der Waals surface area contributed by atoms with E-state index in [2.05, 4.69) is 0 Å². The van der Waals surface area contributed by atoms with Crippen molar-refractivity contribution in [1.82, 2.24) is 0 Å². The summed E-state index contributed by atoms with van der Waals surface area (Å²) in [5.74, 6) is 0. The van der Waals surface area contributed by atoms with Crippen molar-refractivity contribution in [3.63, 3.8) is 0 Å². The quantitative estimate of drug-likeness (QED) is 0.372. The molecule has 0 unspecified atom stereocenters. The minimum atomic E-state index is -2.92. The summed E-state index contributed by atoms with van der Waals surface area (Å²) in [6.07, 6.45) is 0. The van der Waals surface area contributed by atoms with Gasteiger partial charge in [-0.1, -0.05) is 0 Å². The third kappa shape index (κ3) is 1860. The van der Waals surface area contributed by atoms with Gasteiger partial charge in [0.2, 0.25) is 0 Å². The van der Waals surface area contributed by atoms with E-state index in [4.69, 9.17) is 45.2 Å². The van der Waals surface area contributed by atoms with Crippen LogP contribution in [0.2, 0.25) is 0 Å². The van der Waals surface area contributed by atoms with Gasteiger partial charge in [0.25, 0.3) is 0 Å². The summed E-state index contributed by atoms with van der Waals surface area (Å²) in [5, 5.41) is 75.8. The van der Waals surface area contributed by atoms with Crippen LogP contribution in [0.5, 0.6) is 0 Å². The largest absolute Gasteiger partial charge is 3.00 e. The molecule has 0 saturated carbocycles. The maximum absolute atomic E-state index is 8.42. The molecule has 0 aromatic rings. The van der Waals surface area contributed by atoms with Crippen molar-refractivity contribution in [2.75, 3.05) is 0 Å². The summed E-state index contributed by atoms with van der Waals surface area (Å²) in [7, 11) is -8.75. The van der Waals surface area contributed by atoms with Crippen LogP contribution in [0.4, 0.5) is 0 Å². The van der Waals surface area contributed by atoms with E-state index in [0.717, 1.165) is 0 Å². The molecule has 0 rings (SSSR count). The molecule has 0 aliphatic heterocycles. The first-order valence-electron chi connectivity index (χ1n) is 2.12. The summed E-state index contributed by atoms with van der Waals surface area (Å²) < 4.78 is 0. The molecular formula is H3Al4B3O12. The molecule has 0 fully saturated rings. The molecule has 19 heteroatoms. The molecular weight excluding hydrogens is 332 g/mol. The van der Waals surface area contributed by atoms with Gasteiger partial charge in [0, 0.05) is 0 Å². The Balaban J connectivity index is -0.00000000675. The Morgan fingerprint density at radius 1 is 0.316 bits per heavy atom. The summed E-state index contributed by atoms with van der Waals surface area (Å²) in [6, 6.07) is 0. The van der Waals surface area contributed by atoms with Crippen molar-refractivity contribution >= 4 is 91.4 Å². The average molecular weight is 335 g/mol. The first-order valence-corrected chi connectivity index (χ1v) is 2.12. The van der Waals surface area contributed by atoms with Gasteiger partial charge in [-0.2, -0.15) is 0 Å². The van der Waals surface area contributed by atoms with Gasteiger partial charge in [-0.25, -0.2) is 0 Å². The Kier molecular flexibility index (Phi) is 220. The summed E-state index contributed by atoms with van der Waals surface area (Å²) >= 11 is 0. The Morgan fingerprint density at radius 2 is 0.316 bits per heavy atom. The molecule has 0 saturated heterocycles. The van der Waals surface area contributed by atoms with E-state index in [1.807, 2.05) is 0 Å². The second-order valence-corrected chi connectivity index (χ2v) is 0.866. The third-order valence-electron chi connectivity index (χ3n) is 0. The van der Waals surface area contributed by atoms with Crippen molar-refractivity contribution in [2.45, 2.75) is 0 Å². The van der Waals surface area contributed by atoms with Gasteiger partial charge in [-0.15, -0.1) is 0 Å². The van der Waals surface area contributed by atoms with E-state index < -0.39 is 22.0 Å². The molecule has 3 N–H and O–H groups in total. The van der Waals surface area contributed by atoms with Gasteiger partial charge in [0.1, 0.15) is 0 Å². The molecule has 0 radical (unpaired) electrons. The minimum Gasteiger partial charge on any atom is -0.907 e. The molecule has 0 aromatic heterocycles. The van der Waals surface area contributed by atoms with E-state index in [9.17, 15) is 0 Å². The van der Waals surface area contributed by atoms with Crippen molar-refractivity contribution in [3.8, 4) is 0 Å².